The molecule has 6 nitrogen and oxygen atoms in total. The summed E-state index contributed by atoms with van der Waals surface area (Å²) in [4.78, 5) is 5.38. The maximum Gasteiger partial charge on any atom is 0.252 e. The standard InChI is InChI=1S/C94H71BN6/c1-91(2,3)58-34-42-82-72(47-58)69-44-55(53-96)32-40-80(69)98(82)61-36-38-77-85(51-61)100(79-30-18-25-64-63-21-11-10-20-57(63)46-71(64)79)87-49-60(93(7,8)9)50-88-90(87)95(77)78-39-37-62(99-81-41-33-56(54-97)45-70(81)73-48-59(92(4,5)6)35-43-83(73)99)52-86(78)101(88)84-31-19-26-68-67-24-14-17-29-76(67)94(89(68)84)74-27-15-12-22-65(74)66-23-13-16-28-75(66)94/h10-45,47-52H,46H2,1-9H3. The smallest absolute Gasteiger partial charge is 0.252 e. The van der Waals surface area contributed by atoms with Crippen molar-refractivity contribution in [1.29, 1.82) is 10.5 Å². The van der Waals surface area contributed by atoms with Gasteiger partial charge in [0, 0.05) is 67.7 Å². The molecule has 7 heteroatoms. The normalized spacial score (nSPS) is 14.1. The minimum Gasteiger partial charge on any atom is -0.311 e. The number of rotatable bonds is 4. The quantitative estimate of drug-likeness (QED) is 0.165. The Hall–Kier alpha value is -11.9. The summed E-state index contributed by atoms with van der Waals surface area (Å²) < 4.78 is 4.89. The maximum absolute atomic E-state index is 10.5. The Morgan fingerprint density at radius 3 is 1.26 bits per heavy atom. The van der Waals surface area contributed by atoms with Crippen LogP contribution in [0.2, 0.25) is 0 Å². The second-order valence-electron chi connectivity index (χ2n) is 31.8. The van der Waals surface area contributed by atoms with Gasteiger partial charge in [0.25, 0.3) is 6.71 Å². The summed E-state index contributed by atoms with van der Waals surface area (Å²) >= 11 is 0. The molecule has 0 saturated heterocycles. The van der Waals surface area contributed by atoms with E-state index in [1.165, 1.54) is 106 Å². The van der Waals surface area contributed by atoms with Crippen molar-refractivity contribution >= 4 is 101 Å². The Labute approximate surface area is 590 Å². The summed E-state index contributed by atoms with van der Waals surface area (Å²) in [5, 5.41) is 25.4. The molecule has 3 aliphatic carbocycles. The molecular formula is C94H71BN6. The summed E-state index contributed by atoms with van der Waals surface area (Å²) in [6, 6.07) is 102. The summed E-state index contributed by atoms with van der Waals surface area (Å²) in [6.45, 7) is 20.6. The monoisotopic (exact) mass is 1290 g/mol. The molecule has 0 unspecified atom stereocenters. The largest absolute Gasteiger partial charge is 0.311 e. The van der Waals surface area contributed by atoms with Crippen LogP contribution in [0.1, 0.15) is 124 Å². The van der Waals surface area contributed by atoms with Crippen LogP contribution < -0.4 is 26.2 Å². The van der Waals surface area contributed by atoms with Crippen LogP contribution in [0, 0.1) is 22.7 Å². The number of hydrogen-bond acceptors (Lipinski definition) is 4. The van der Waals surface area contributed by atoms with Gasteiger partial charge in [-0.2, -0.15) is 10.5 Å². The first kappa shape index (κ1) is 59.2. The molecular weight excluding hydrogens is 1220 g/mol. The van der Waals surface area contributed by atoms with Gasteiger partial charge in [0.1, 0.15) is 0 Å². The van der Waals surface area contributed by atoms with Crippen LogP contribution in [-0.2, 0) is 28.1 Å². The molecule has 0 saturated carbocycles. The highest BCUT2D eigenvalue weighted by molar-refractivity contribution is 7.00. The molecule has 2 aliphatic heterocycles. The molecule has 0 N–H and O–H groups in total. The molecule has 480 valence electrons. The van der Waals surface area contributed by atoms with E-state index < -0.39 is 5.41 Å². The number of nitriles is 2. The highest BCUT2D eigenvalue weighted by Gasteiger charge is 2.55. The van der Waals surface area contributed by atoms with Gasteiger partial charge in [0.05, 0.1) is 62.1 Å². The zero-order valence-electron chi connectivity index (χ0n) is 58.2. The Kier molecular flexibility index (Phi) is 12.1. The summed E-state index contributed by atoms with van der Waals surface area (Å²) in [5.74, 6) is 0. The molecule has 2 aromatic heterocycles. The second kappa shape index (κ2) is 20.6. The fourth-order valence-electron chi connectivity index (χ4n) is 18.5. The van der Waals surface area contributed by atoms with Crippen molar-refractivity contribution in [1.82, 2.24) is 9.13 Å². The van der Waals surface area contributed by atoms with Crippen LogP contribution >= 0.6 is 0 Å². The van der Waals surface area contributed by atoms with Crippen LogP contribution in [-0.4, -0.2) is 15.8 Å². The van der Waals surface area contributed by atoms with E-state index in [4.69, 9.17) is 0 Å². The first-order valence-electron chi connectivity index (χ1n) is 35.6. The zero-order valence-corrected chi connectivity index (χ0v) is 58.2. The van der Waals surface area contributed by atoms with Gasteiger partial charge in [-0.25, -0.2) is 0 Å². The molecule has 101 heavy (non-hydrogen) atoms. The summed E-state index contributed by atoms with van der Waals surface area (Å²) in [7, 11) is 0. The number of fused-ring (bicyclic) bond motifs is 23. The van der Waals surface area contributed by atoms with Crippen LogP contribution in [0.15, 0.2) is 255 Å². The van der Waals surface area contributed by atoms with Crippen LogP contribution in [0.3, 0.4) is 0 Å². The molecule has 15 aromatic rings. The van der Waals surface area contributed by atoms with Crippen LogP contribution in [0.5, 0.6) is 0 Å². The molecule has 5 aliphatic rings. The van der Waals surface area contributed by atoms with Gasteiger partial charge < -0.3 is 18.9 Å². The SMILES string of the molecule is CC(C)(C)c1cc2c3c(c1)N(c1cccc4c1C1(c5ccccc5-c5ccccc51)c1ccccc1-4)c1cc(-n4c5ccc(C#N)cc5c5cc(C(C)(C)C)ccc54)ccc1B3c1ccc(-n3c4ccc(C#N)cc4c4cc(C(C)(C)C)ccc43)cc1N2c1cccc2c1Cc1ccccc1-2. The van der Waals surface area contributed by atoms with Crippen molar-refractivity contribution in [2.24, 2.45) is 0 Å². The van der Waals surface area contributed by atoms with E-state index in [0.29, 0.717) is 11.1 Å². The third-order valence-electron chi connectivity index (χ3n) is 23.2. The highest BCUT2D eigenvalue weighted by atomic mass is 15.2. The number of anilines is 6. The van der Waals surface area contributed by atoms with E-state index in [9.17, 15) is 10.5 Å². The highest BCUT2D eigenvalue weighted by Crippen LogP contribution is 2.66. The van der Waals surface area contributed by atoms with Crippen molar-refractivity contribution in [3.8, 4) is 56.9 Å². The number of benzene rings is 13. The molecule has 20 rings (SSSR count). The van der Waals surface area contributed by atoms with Crippen LogP contribution in [0.25, 0.3) is 88.4 Å². The van der Waals surface area contributed by atoms with Crippen molar-refractivity contribution in [3.05, 3.63) is 316 Å². The van der Waals surface area contributed by atoms with Gasteiger partial charge in [-0.05, 0) is 220 Å². The predicted octanol–water partition coefficient (Wildman–Crippen LogP) is 21.5. The lowest BCUT2D eigenvalue weighted by Crippen LogP contribution is -2.61. The third-order valence-corrected chi connectivity index (χ3v) is 23.2. The minimum atomic E-state index is -0.673. The molecule has 1 spiro atoms. The van der Waals surface area contributed by atoms with Gasteiger partial charge in [0.2, 0.25) is 0 Å². The average Bonchev–Trinajstić information content (AvgIpc) is 1.57. The fourth-order valence-corrected chi connectivity index (χ4v) is 18.5. The summed E-state index contributed by atoms with van der Waals surface area (Å²) in [6.07, 6.45) is 0.805. The Bertz CT molecular complexity index is 6250. The van der Waals surface area contributed by atoms with Crippen molar-refractivity contribution in [3.63, 3.8) is 0 Å². The molecule has 0 bridgehead atoms. The number of aromatic nitrogens is 2. The lowest BCUT2D eigenvalue weighted by atomic mass is 9.33. The van der Waals surface area contributed by atoms with Crippen molar-refractivity contribution in [2.45, 2.75) is 90.4 Å². The number of nitrogens with zero attached hydrogens (tertiary/aromatic N) is 6. The molecule has 4 heterocycles. The second-order valence-corrected chi connectivity index (χ2v) is 31.8. The molecule has 13 aromatic carbocycles. The molecule has 0 amide bonds. The van der Waals surface area contributed by atoms with Crippen molar-refractivity contribution in [2.75, 3.05) is 9.80 Å². The van der Waals surface area contributed by atoms with Gasteiger partial charge in [-0.1, -0.05) is 208 Å². The lowest BCUT2D eigenvalue weighted by molar-refractivity contribution is 0.590. The molecule has 0 fully saturated rings. The first-order chi connectivity index (χ1) is 48.9. The van der Waals surface area contributed by atoms with E-state index >= 15 is 0 Å². The van der Waals surface area contributed by atoms with Gasteiger partial charge >= 0.3 is 0 Å². The van der Waals surface area contributed by atoms with E-state index in [1.807, 2.05) is 12.1 Å². The minimum absolute atomic E-state index is 0.0931. The topological polar surface area (TPSA) is 63.9 Å². The van der Waals surface area contributed by atoms with E-state index in [-0.39, 0.29) is 23.0 Å². The maximum atomic E-state index is 10.5. The Morgan fingerprint density at radius 1 is 0.347 bits per heavy atom. The Balaban J connectivity index is 0.925. The first-order valence-corrected chi connectivity index (χ1v) is 35.6. The third kappa shape index (κ3) is 8.09. The van der Waals surface area contributed by atoms with Crippen LogP contribution in [0.4, 0.5) is 34.1 Å². The number of hydrogen-bond donors (Lipinski definition) is 0. The van der Waals surface area contributed by atoms with E-state index in [0.717, 1.165) is 89.8 Å². The molecule has 0 atom stereocenters. The summed E-state index contributed by atoms with van der Waals surface area (Å²) in [5.41, 5.74) is 36.1. The molecule has 0 radical (unpaired) electrons. The van der Waals surface area contributed by atoms with Gasteiger partial charge in [-0.15, -0.1) is 0 Å². The lowest BCUT2D eigenvalue weighted by Gasteiger charge is -2.46. The van der Waals surface area contributed by atoms with Gasteiger partial charge in [0.15, 0.2) is 0 Å². The average molecular weight is 1300 g/mol. The van der Waals surface area contributed by atoms with E-state index in [2.05, 4.69) is 336 Å². The zero-order chi connectivity index (χ0) is 68.5. The van der Waals surface area contributed by atoms with Gasteiger partial charge in [-0.3, -0.25) is 0 Å². The fraction of sp³-hybridized carbons (Fsp3) is 0.149. The van der Waals surface area contributed by atoms with Crippen molar-refractivity contribution < 1.29 is 0 Å². The predicted molar refractivity (Wildman–Crippen MR) is 419 cm³/mol. The Morgan fingerprint density at radius 2 is 0.762 bits per heavy atom. The van der Waals surface area contributed by atoms with E-state index in [1.54, 1.807) is 0 Å².